The fourth-order valence-electron chi connectivity index (χ4n) is 4.88. The molecule has 0 saturated carbocycles. The maximum atomic E-state index is 6.42. The number of aromatic nitrogens is 2. The van der Waals surface area contributed by atoms with E-state index in [0.29, 0.717) is 56.9 Å². The van der Waals surface area contributed by atoms with Crippen LogP contribution in [0.2, 0.25) is 5.02 Å². The van der Waals surface area contributed by atoms with E-state index in [0.717, 1.165) is 36.0 Å². The number of nitrogens with one attached hydrogen (secondary N) is 2. The summed E-state index contributed by atoms with van der Waals surface area (Å²) < 4.78 is 29.2. The summed E-state index contributed by atoms with van der Waals surface area (Å²) in [6.45, 7) is 3.07. The fourth-order valence-corrected chi connectivity index (χ4v) is 5.04. The number of methoxy groups -OCH3 is 2. The van der Waals surface area contributed by atoms with Gasteiger partial charge in [0, 0.05) is 41.5 Å². The topological polar surface area (TPSA) is 99.9 Å². The first-order chi connectivity index (χ1) is 19.5. The molecule has 2 aromatic heterocycles. The Hall–Kier alpha value is -4.21. The van der Waals surface area contributed by atoms with E-state index in [1.165, 1.54) is 0 Å². The van der Waals surface area contributed by atoms with Gasteiger partial charge in [0.2, 0.25) is 0 Å². The molecule has 0 amide bonds. The molecule has 206 valence electrons. The minimum Gasteiger partial charge on any atom is -0.493 e. The number of pyridine rings is 1. The second-order valence-corrected chi connectivity index (χ2v) is 9.99. The Bertz CT molecular complexity index is 1670. The largest absolute Gasteiger partial charge is 0.493 e. The van der Waals surface area contributed by atoms with E-state index in [2.05, 4.69) is 27.5 Å². The number of ether oxygens (including phenoxy) is 4. The van der Waals surface area contributed by atoms with Crippen molar-refractivity contribution in [2.45, 2.75) is 31.9 Å². The third-order valence-corrected chi connectivity index (χ3v) is 7.27. The Morgan fingerprint density at radius 3 is 2.62 bits per heavy atom. The molecule has 3 aromatic carbocycles. The van der Waals surface area contributed by atoms with Gasteiger partial charge in [-0.15, -0.1) is 0 Å². The van der Waals surface area contributed by atoms with Crippen LogP contribution in [0.25, 0.3) is 22.0 Å². The first kappa shape index (κ1) is 26.0. The molecule has 10 heteroatoms. The molecule has 1 unspecified atom stereocenters. The van der Waals surface area contributed by atoms with Gasteiger partial charge in [0.15, 0.2) is 17.1 Å². The lowest BCUT2D eigenvalue weighted by Gasteiger charge is -2.22. The molecule has 1 aliphatic heterocycles. The van der Waals surface area contributed by atoms with Crippen LogP contribution in [0.1, 0.15) is 19.8 Å². The van der Waals surface area contributed by atoms with Crippen molar-refractivity contribution in [1.29, 1.82) is 0 Å². The molecular weight excluding hydrogens is 532 g/mol. The number of anilines is 2. The van der Waals surface area contributed by atoms with E-state index in [-0.39, 0.29) is 6.10 Å². The van der Waals surface area contributed by atoms with Crippen molar-refractivity contribution in [3.8, 4) is 28.7 Å². The molecule has 6 rings (SSSR count). The highest BCUT2D eigenvalue weighted by atomic mass is 35.5. The predicted molar refractivity (Wildman–Crippen MR) is 155 cm³/mol. The summed E-state index contributed by atoms with van der Waals surface area (Å²) in [4.78, 5) is 9.04. The van der Waals surface area contributed by atoms with Crippen molar-refractivity contribution in [3.05, 3.63) is 65.8 Å². The second-order valence-electron chi connectivity index (χ2n) is 9.58. The highest BCUT2D eigenvalue weighted by molar-refractivity contribution is 6.32. The Kier molecular flexibility index (Phi) is 7.23. The van der Waals surface area contributed by atoms with Crippen molar-refractivity contribution in [1.82, 2.24) is 15.3 Å². The number of fused-ring (bicyclic) bond motifs is 2. The molecule has 0 spiro atoms. The summed E-state index contributed by atoms with van der Waals surface area (Å²) in [5.41, 5.74) is 2.74. The molecule has 0 aliphatic carbocycles. The van der Waals surface area contributed by atoms with Crippen LogP contribution in [0.3, 0.4) is 0 Å². The Labute approximate surface area is 236 Å². The number of hydrogen-bond acceptors (Lipinski definition) is 9. The summed E-state index contributed by atoms with van der Waals surface area (Å²) >= 11 is 6.42. The van der Waals surface area contributed by atoms with Crippen molar-refractivity contribution >= 4 is 45.3 Å². The van der Waals surface area contributed by atoms with E-state index >= 15 is 0 Å². The fraction of sp³-hybridized carbons (Fsp3) is 0.267. The molecule has 5 aromatic rings. The van der Waals surface area contributed by atoms with Crippen molar-refractivity contribution in [2.75, 3.05) is 26.1 Å². The van der Waals surface area contributed by atoms with Gasteiger partial charge < -0.3 is 34.0 Å². The Morgan fingerprint density at radius 1 is 0.975 bits per heavy atom. The molecule has 1 saturated heterocycles. The Balaban J connectivity index is 1.21. The molecule has 1 aliphatic rings. The van der Waals surface area contributed by atoms with Gasteiger partial charge in [-0.25, -0.2) is 0 Å². The van der Waals surface area contributed by atoms with Gasteiger partial charge in [0.05, 0.1) is 24.8 Å². The number of oxazole rings is 1. The zero-order valence-corrected chi connectivity index (χ0v) is 23.1. The highest BCUT2D eigenvalue weighted by Crippen LogP contribution is 2.38. The summed E-state index contributed by atoms with van der Waals surface area (Å²) in [6, 6.07) is 17.1. The molecule has 1 fully saturated rings. The first-order valence-corrected chi connectivity index (χ1v) is 13.4. The Morgan fingerprint density at radius 2 is 1.82 bits per heavy atom. The molecule has 9 nitrogen and oxygen atoms in total. The third kappa shape index (κ3) is 5.30. The van der Waals surface area contributed by atoms with Crippen LogP contribution in [-0.4, -0.2) is 42.9 Å². The molecule has 2 atom stereocenters. The number of rotatable bonds is 9. The summed E-state index contributed by atoms with van der Waals surface area (Å²) in [7, 11) is 3.19. The molecule has 0 radical (unpaired) electrons. The molecule has 40 heavy (non-hydrogen) atoms. The standard InChI is InChI=1S/C30H29ClN4O5/c1-17(22-5-4-11-32-22)38-27-13-18(6-8-21(27)31)34-30-35-24-14-19(7-9-26(24)40-30)39-25-10-12-33-23-16-29(37-3)28(36-2)15-20(23)25/h6-10,12-17,22,32H,4-5,11H2,1-3H3,(H,34,35)/t17-,22?/m0/s1. The van der Waals surface area contributed by atoms with Crippen LogP contribution in [0.5, 0.6) is 28.7 Å². The van der Waals surface area contributed by atoms with E-state index in [4.69, 9.17) is 35.0 Å². The minimum atomic E-state index is -0.00127. The quantitative estimate of drug-likeness (QED) is 0.195. The van der Waals surface area contributed by atoms with E-state index in [9.17, 15) is 0 Å². The highest BCUT2D eigenvalue weighted by Gasteiger charge is 2.23. The molecular formula is C30H29ClN4O5. The monoisotopic (exact) mass is 560 g/mol. The van der Waals surface area contributed by atoms with E-state index in [1.807, 2.05) is 42.5 Å². The van der Waals surface area contributed by atoms with Crippen LogP contribution < -0.4 is 29.6 Å². The SMILES string of the molecule is COc1cc2nccc(Oc3ccc4oc(Nc5ccc(Cl)c(O[C@@H](C)C6CCCN6)c5)nc4c3)c2cc1OC. The maximum Gasteiger partial charge on any atom is 0.300 e. The minimum absolute atomic E-state index is 0.00127. The zero-order valence-electron chi connectivity index (χ0n) is 22.4. The molecule has 0 bridgehead atoms. The van der Waals surface area contributed by atoms with Gasteiger partial charge in [-0.1, -0.05) is 11.6 Å². The van der Waals surface area contributed by atoms with Crippen LogP contribution in [-0.2, 0) is 0 Å². The van der Waals surface area contributed by atoms with Gasteiger partial charge in [0.25, 0.3) is 6.01 Å². The van der Waals surface area contributed by atoms with Crippen LogP contribution in [0.4, 0.5) is 11.7 Å². The summed E-state index contributed by atoms with van der Waals surface area (Å²) in [5, 5.41) is 8.03. The number of halogens is 1. The maximum absolute atomic E-state index is 6.42. The van der Waals surface area contributed by atoms with Crippen LogP contribution >= 0.6 is 11.6 Å². The van der Waals surface area contributed by atoms with Crippen molar-refractivity contribution in [3.63, 3.8) is 0 Å². The average Bonchev–Trinajstić information content (AvgIpc) is 3.64. The first-order valence-electron chi connectivity index (χ1n) is 13.1. The third-order valence-electron chi connectivity index (χ3n) is 6.95. The van der Waals surface area contributed by atoms with E-state index < -0.39 is 0 Å². The van der Waals surface area contributed by atoms with Gasteiger partial charge in [-0.05, 0) is 62.7 Å². The molecule has 3 heterocycles. The van der Waals surface area contributed by atoms with Gasteiger partial charge in [-0.3, -0.25) is 4.98 Å². The van der Waals surface area contributed by atoms with Crippen LogP contribution in [0, 0.1) is 0 Å². The lowest BCUT2D eigenvalue weighted by molar-refractivity contribution is 0.180. The number of benzene rings is 3. The average molecular weight is 561 g/mol. The van der Waals surface area contributed by atoms with Gasteiger partial charge in [-0.2, -0.15) is 4.98 Å². The van der Waals surface area contributed by atoms with Gasteiger partial charge in [0.1, 0.15) is 28.9 Å². The smallest absolute Gasteiger partial charge is 0.300 e. The number of hydrogen-bond donors (Lipinski definition) is 2. The van der Waals surface area contributed by atoms with Crippen molar-refractivity contribution in [2.24, 2.45) is 0 Å². The summed E-state index contributed by atoms with van der Waals surface area (Å²) in [5.74, 6) is 3.03. The second kappa shape index (κ2) is 11.1. The lowest BCUT2D eigenvalue weighted by Crippen LogP contribution is -2.36. The predicted octanol–water partition coefficient (Wildman–Crippen LogP) is 7.10. The van der Waals surface area contributed by atoms with Crippen LogP contribution in [0.15, 0.2) is 65.2 Å². The lowest BCUT2D eigenvalue weighted by atomic mass is 10.1. The summed E-state index contributed by atoms with van der Waals surface area (Å²) in [6.07, 6.45) is 3.93. The molecule has 2 N–H and O–H groups in total. The van der Waals surface area contributed by atoms with E-state index in [1.54, 1.807) is 32.5 Å². The number of nitrogens with zero attached hydrogens (tertiary/aromatic N) is 2. The van der Waals surface area contributed by atoms with Crippen molar-refractivity contribution < 1.29 is 23.4 Å². The normalized spacial score (nSPS) is 15.8. The zero-order chi connectivity index (χ0) is 27.6. The van der Waals surface area contributed by atoms with Gasteiger partial charge >= 0.3 is 0 Å².